The number of nitrogens with one attached hydrogen (secondary N) is 1. The number of carbonyl (C=O) groups is 1. The predicted octanol–water partition coefficient (Wildman–Crippen LogP) is 2.73. The first-order valence-corrected chi connectivity index (χ1v) is 5.72. The quantitative estimate of drug-likeness (QED) is 0.724. The van der Waals surface area contributed by atoms with Crippen LogP contribution in [0.15, 0.2) is 0 Å². The zero-order chi connectivity index (χ0) is 10.8. The summed E-state index contributed by atoms with van der Waals surface area (Å²) in [6, 6.07) is 0.404. The highest BCUT2D eigenvalue weighted by molar-refractivity contribution is 5.73. The monoisotopic (exact) mass is 197 g/mol. The van der Waals surface area contributed by atoms with Gasteiger partial charge in [0, 0.05) is 13.0 Å². The molecule has 0 aromatic rings. The Morgan fingerprint density at radius 1 is 1.50 bits per heavy atom. The molecule has 0 saturated heterocycles. The normalized spacial score (nSPS) is 31.1. The minimum atomic E-state index is 0.117. The van der Waals surface area contributed by atoms with E-state index in [1.807, 2.05) is 0 Å². The maximum Gasteiger partial charge on any atom is 0.217 e. The molecule has 2 nitrogen and oxygen atoms in total. The number of rotatable bonds is 2. The van der Waals surface area contributed by atoms with Crippen molar-refractivity contribution < 1.29 is 4.79 Å². The summed E-state index contributed by atoms with van der Waals surface area (Å²) < 4.78 is 0. The lowest BCUT2D eigenvalue weighted by atomic mass is 9.69. The van der Waals surface area contributed by atoms with Gasteiger partial charge in [-0.3, -0.25) is 4.79 Å². The van der Waals surface area contributed by atoms with Gasteiger partial charge in [0.1, 0.15) is 0 Å². The molecule has 1 saturated carbocycles. The third kappa shape index (κ3) is 3.00. The third-order valence-electron chi connectivity index (χ3n) is 3.45. The van der Waals surface area contributed by atoms with E-state index < -0.39 is 0 Å². The second kappa shape index (κ2) is 4.33. The van der Waals surface area contributed by atoms with Gasteiger partial charge in [0.25, 0.3) is 0 Å². The van der Waals surface area contributed by atoms with Gasteiger partial charge in [-0.15, -0.1) is 0 Å². The topological polar surface area (TPSA) is 29.1 Å². The fourth-order valence-corrected chi connectivity index (χ4v) is 2.56. The highest BCUT2D eigenvalue weighted by Gasteiger charge is 2.34. The van der Waals surface area contributed by atoms with Crippen LogP contribution in [0.2, 0.25) is 0 Å². The van der Waals surface area contributed by atoms with Crippen LogP contribution >= 0.6 is 0 Å². The van der Waals surface area contributed by atoms with E-state index in [-0.39, 0.29) is 5.91 Å². The molecule has 0 bridgehead atoms. The summed E-state index contributed by atoms with van der Waals surface area (Å²) in [4.78, 5) is 11.1. The van der Waals surface area contributed by atoms with Gasteiger partial charge in [0.05, 0.1) is 0 Å². The van der Waals surface area contributed by atoms with Gasteiger partial charge in [-0.25, -0.2) is 0 Å². The van der Waals surface area contributed by atoms with Gasteiger partial charge in [0.15, 0.2) is 0 Å². The summed E-state index contributed by atoms with van der Waals surface area (Å²) >= 11 is 0. The molecule has 2 heteroatoms. The molecule has 0 spiro atoms. The van der Waals surface area contributed by atoms with Crippen LogP contribution in [0.5, 0.6) is 0 Å². The molecule has 2 atom stereocenters. The molecule has 14 heavy (non-hydrogen) atoms. The van der Waals surface area contributed by atoms with Crippen molar-refractivity contribution in [1.82, 2.24) is 5.32 Å². The Morgan fingerprint density at radius 3 is 2.64 bits per heavy atom. The summed E-state index contributed by atoms with van der Waals surface area (Å²) in [5.74, 6) is 0.804. The largest absolute Gasteiger partial charge is 0.353 e. The molecule has 0 heterocycles. The van der Waals surface area contributed by atoms with Gasteiger partial charge in [-0.05, 0) is 30.6 Å². The van der Waals surface area contributed by atoms with Crippen LogP contribution in [0.3, 0.4) is 0 Å². The zero-order valence-electron chi connectivity index (χ0n) is 9.89. The van der Waals surface area contributed by atoms with Gasteiger partial charge >= 0.3 is 0 Å². The van der Waals surface area contributed by atoms with E-state index >= 15 is 0 Å². The smallest absolute Gasteiger partial charge is 0.217 e. The summed E-state index contributed by atoms with van der Waals surface area (Å²) in [6.45, 7) is 8.44. The highest BCUT2D eigenvalue weighted by Crippen LogP contribution is 2.39. The van der Waals surface area contributed by atoms with Crippen LogP contribution in [0, 0.1) is 11.3 Å². The van der Waals surface area contributed by atoms with Crippen LogP contribution in [0.25, 0.3) is 0 Å². The first-order chi connectivity index (χ1) is 6.44. The van der Waals surface area contributed by atoms with Gasteiger partial charge in [0.2, 0.25) is 5.91 Å². The van der Waals surface area contributed by atoms with Crippen LogP contribution < -0.4 is 5.32 Å². The van der Waals surface area contributed by atoms with Crippen molar-refractivity contribution in [2.75, 3.05) is 0 Å². The van der Waals surface area contributed by atoms with Crippen LogP contribution in [0.4, 0.5) is 0 Å². The van der Waals surface area contributed by atoms with Crippen molar-refractivity contribution in [1.29, 1.82) is 0 Å². The average molecular weight is 197 g/mol. The van der Waals surface area contributed by atoms with Crippen molar-refractivity contribution in [2.24, 2.45) is 11.3 Å². The van der Waals surface area contributed by atoms with E-state index in [1.54, 1.807) is 6.92 Å². The average Bonchev–Trinajstić information content (AvgIpc) is 2.01. The second-order valence-corrected chi connectivity index (χ2v) is 5.38. The summed E-state index contributed by atoms with van der Waals surface area (Å²) in [6.07, 6.45) is 4.86. The Bertz CT molecular complexity index is 210. The van der Waals surface area contributed by atoms with Crippen molar-refractivity contribution in [2.45, 2.75) is 59.4 Å². The zero-order valence-corrected chi connectivity index (χ0v) is 9.89. The van der Waals surface area contributed by atoms with E-state index in [0.717, 1.165) is 6.42 Å². The minimum absolute atomic E-state index is 0.117. The molecule has 0 aromatic carbocycles. The molecule has 0 aromatic heterocycles. The maximum absolute atomic E-state index is 11.1. The predicted molar refractivity (Wildman–Crippen MR) is 59.0 cm³/mol. The lowest BCUT2D eigenvalue weighted by Gasteiger charge is -2.40. The number of carbonyl (C=O) groups excluding carboxylic acids is 1. The fourth-order valence-electron chi connectivity index (χ4n) is 2.56. The van der Waals surface area contributed by atoms with Crippen molar-refractivity contribution in [3.8, 4) is 0 Å². The SMILES string of the molecule is CCC1CCC(C)(C)CC1NC(C)=O. The highest BCUT2D eigenvalue weighted by atomic mass is 16.1. The number of hydrogen-bond acceptors (Lipinski definition) is 1. The molecular formula is C12H23NO. The van der Waals surface area contributed by atoms with E-state index in [9.17, 15) is 4.79 Å². The van der Waals surface area contributed by atoms with E-state index in [1.165, 1.54) is 19.3 Å². The van der Waals surface area contributed by atoms with Crippen LogP contribution in [0.1, 0.15) is 53.4 Å². The molecule has 1 rings (SSSR count). The first-order valence-electron chi connectivity index (χ1n) is 5.72. The van der Waals surface area contributed by atoms with E-state index in [2.05, 4.69) is 26.1 Å². The Morgan fingerprint density at radius 2 is 2.14 bits per heavy atom. The molecule has 1 aliphatic rings. The Balaban J connectivity index is 2.60. The summed E-state index contributed by atoms with van der Waals surface area (Å²) in [5.41, 5.74) is 0.402. The maximum atomic E-state index is 11.1. The lowest BCUT2D eigenvalue weighted by molar-refractivity contribution is -0.120. The Hall–Kier alpha value is -0.530. The summed E-state index contributed by atoms with van der Waals surface area (Å²) in [5, 5.41) is 3.10. The van der Waals surface area contributed by atoms with E-state index in [4.69, 9.17) is 0 Å². The standard InChI is InChI=1S/C12H23NO/c1-5-10-6-7-12(3,4)8-11(10)13-9(2)14/h10-11H,5-8H2,1-4H3,(H,13,14). The Kier molecular flexibility index (Phi) is 3.57. The molecule has 1 aliphatic carbocycles. The van der Waals surface area contributed by atoms with Crippen molar-refractivity contribution in [3.05, 3.63) is 0 Å². The van der Waals surface area contributed by atoms with Crippen molar-refractivity contribution >= 4 is 5.91 Å². The van der Waals surface area contributed by atoms with Gasteiger partial charge < -0.3 is 5.32 Å². The number of amides is 1. The molecule has 0 radical (unpaired) electrons. The minimum Gasteiger partial charge on any atom is -0.353 e. The summed E-state index contributed by atoms with van der Waals surface area (Å²) in [7, 11) is 0. The molecule has 0 aliphatic heterocycles. The molecule has 1 N–H and O–H groups in total. The molecule has 1 amide bonds. The van der Waals surface area contributed by atoms with E-state index in [0.29, 0.717) is 17.4 Å². The fraction of sp³-hybridized carbons (Fsp3) is 0.917. The third-order valence-corrected chi connectivity index (χ3v) is 3.45. The van der Waals surface area contributed by atoms with Gasteiger partial charge in [-0.2, -0.15) is 0 Å². The van der Waals surface area contributed by atoms with Crippen LogP contribution in [-0.4, -0.2) is 11.9 Å². The molecular weight excluding hydrogens is 174 g/mol. The van der Waals surface area contributed by atoms with Gasteiger partial charge in [-0.1, -0.05) is 27.2 Å². The van der Waals surface area contributed by atoms with Crippen LogP contribution in [-0.2, 0) is 4.79 Å². The molecule has 1 fully saturated rings. The second-order valence-electron chi connectivity index (χ2n) is 5.38. The first kappa shape index (κ1) is 11.5. The molecule has 82 valence electrons. The molecule has 2 unspecified atom stereocenters. The number of hydrogen-bond donors (Lipinski definition) is 1. The van der Waals surface area contributed by atoms with Crippen molar-refractivity contribution in [3.63, 3.8) is 0 Å². The lowest BCUT2D eigenvalue weighted by Crippen LogP contribution is -2.45. The Labute approximate surface area is 87.5 Å².